The second-order valence-corrected chi connectivity index (χ2v) is 6.52. The third-order valence-corrected chi connectivity index (χ3v) is 3.68. The Morgan fingerprint density at radius 1 is 1.28 bits per heavy atom. The molecule has 0 aliphatic carbocycles. The van der Waals surface area contributed by atoms with Crippen LogP contribution >= 0.6 is 0 Å². The maximum absolute atomic E-state index is 4.86. The van der Waals surface area contributed by atoms with Crippen LogP contribution in [0.3, 0.4) is 0 Å². The van der Waals surface area contributed by atoms with E-state index < -0.39 is 0 Å². The molecule has 3 nitrogen and oxygen atoms in total. The van der Waals surface area contributed by atoms with Crippen LogP contribution < -0.4 is 5.32 Å². The van der Waals surface area contributed by atoms with Crippen molar-refractivity contribution in [3.05, 3.63) is 11.4 Å². The van der Waals surface area contributed by atoms with E-state index in [4.69, 9.17) is 4.98 Å². The first-order chi connectivity index (χ1) is 8.40. The molecule has 0 spiro atoms. The predicted molar refractivity (Wildman–Crippen MR) is 77.3 cm³/mol. The van der Waals surface area contributed by atoms with Crippen LogP contribution in [0.15, 0.2) is 0 Å². The normalized spacial score (nSPS) is 23.3. The highest BCUT2D eigenvalue weighted by atomic mass is 15.3. The van der Waals surface area contributed by atoms with Gasteiger partial charge in [-0.05, 0) is 38.5 Å². The molecule has 1 aromatic rings. The Labute approximate surface area is 111 Å². The van der Waals surface area contributed by atoms with Crippen LogP contribution in [0, 0.1) is 5.92 Å². The fourth-order valence-corrected chi connectivity index (χ4v) is 3.08. The molecule has 3 heteroatoms. The van der Waals surface area contributed by atoms with Gasteiger partial charge in [-0.2, -0.15) is 0 Å². The SMILES string of the molecule is CC(C)Cc1nc2n(c1C(C)C)C(C)CC(C)N2. The highest BCUT2D eigenvalue weighted by molar-refractivity contribution is 5.39. The van der Waals surface area contributed by atoms with Crippen LogP contribution in [0.5, 0.6) is 0 Å². The second-order valence-electron chi connectivity index (χ2n) is 6.52. The summed E-state index contributed by atoms with van der Waals surface area (Å²) in [6.45, 7) is 13.6. The molecule has 0 fully saturated rings. The quantitative estimate of drug-likeness (QED) is 0.878. The summed E-state index contributed by atoms with van der Waals surface area (Å²) in [5.41, 5.74) is 2.73. The largest absolute Gasteiger partial charge is 0.353 e. The number of anilines is 1. The first-order valence-corrected chi connectivity index (χ1v) is 7.27. The number of hydrogen-bond acceptors (Lipinski definition) is 2. The summed E-state index contributed by atoms with van der Waals surface area (Å²) in [4.78, 5) is 4.86. The number of hydrogen-bond donors (Lipinski definition) is 1. The maximum atomic E-state index is 4.86. The zero-order chi connectivity index (χ0) is 13.4. The minimum absolute atomic E-state index is 0.529. The Hall–Kier alpha value is -0.990. The van der Waals surface area contributed by atoms with Gasteiger partial charge in [0.15, 0.2) is 0 Å². The van der Waals surface area contributed by atoms with Gasteiger partial charge in [0.05, 0.1) is 5.69 Å². The van der Waals surface area contributed by atoms with Crippen molar-refractivity contribution < 1.29 is 0 Å². The van der Waals surface area contributed by atoms with Crippen molar-refractivity contribution in [1.29, 1.82) is 0 Å². The molecule has 0 amide bonds. The highest BCUT2D eigenvalue weighted by Gasteiger charge is 2.28. The standard InChI is InChI=1S/C15H27N3/c1-9(2)7-13-14(10(3)4)18-12(6)8-11(5)16-15(18)17-13/h9-12H,7-8H2,1-6H3,(H,16,17). The van der Waals surface area contributed by atoms with Crippen molar-refractivity contribution in [2.75, 3.05) is 5.32 Å². The predicted octanol–water partition coefficient (Wildman–Crippen LogP) is 3.97. The van der Waals surface area contributed by atoms with Gasteiger partial charge < -0.3 is 9.88 Å². The van der Waals surface area contributed by atoms with Crippen molar-refractivity contribution in [3.8, 4) is 0 Å². The Kier molecular flexibility index (Phi) is 3.69. The van der Waals surface area contributed by atoms with Crippen molar-refractivity contribution in [1.82, 2.24) is 9.55 Å². The number of rotatable bonds is 3. The fourth-order valence-electron chi connectivity index (χ4n) is 3.08. The number of fused-ring (bicyclic) bond motifs is 1. The van der Waals surface area contributed by atoms with E-state index in [1.54, 1.807) is 0 Å². The lowest BCUT2D eigenvalue weighted by Gasteiger charge is -2.30. The molecule has 1 aliphatic heterocycles. The van der Waals surface area contributed by atoms with Crippen LogP contribution in [-0.4, -0.2) is 15.6 Å². The topological polar surface area (TPSA) is 29.9 Å². The number of nitrogens with zero attached hydrogens (tertiary/aromatic N) is 2. The van der Waals surface area contributed by atoms with Gasteiger partial charge in [0.2, 0.25) is 5.95 Å². The molecule has 1 aliphatic rings. The third kappa shape index (κ3) is 2.40. The summed E-state index contributed by atoms with van der Waals surface area (Å²) in [7, 11) is 0. The van der Waals surface area contributed by atoms with Crippen molar-refractivity contribution in [2.45, 2.75) is 72.4 Å². The van der Waals surface area contributed by atoms with Gasteiger partial charge in [-0.25, -0.2) is 4.98 Å². The average Bonchev–Trinajstić information content (AvgIpc) is 2.54. The minimum Gasteiger partial charge on any atom is -0.353 e. The molecule has 0 aromatic carbocycles. The zero-order valence-corrected chi connectivity index (χ0v) is 12.6. The first-order valence-electron chi connectivity index (χ1n) is 7.27. The smallest absolute Gasteiger partial charge is 0.203 e. The van der Waals surface area contributed by atoms with E-state index >= 15 is 0 Å². The van der Waals surface area contributed by atoms with E-state index in [1.165, 1.54) is 17.8 Å². The number of imidazole rings is 1. The molecule has 102 valence electrons. The maximum Gasteiger partial charge on any atom is 0.203 e. The van der Waals surface area contributed by atoms with E-state index in [-0.39, 0.29) is 0 Å². The molecule has 0 bridgehead atoms. The molecule has 2 unspecified atom stereocenters. The van der Waals surface area contributed by atoms with Gasteiger partial charge in [-0.15, -0.1) is 0 Å². The molecular formula is C15H27N3. The van der Waals surface area contributed by atoms with Gasteiger partial charge in [-0.3, -0.25) is 0 Å². The summed E-state index contributed by atoms with van der Waals surface area (Å²) >= 11 is 0. The number of nitrogens with one attached hydrogen (secondary N) is 1. The third-order valence-electron chi connectivity index (χ3n) is 3.68. The molecule has 1 aromatic heterocycles. The van der Waals surface area contributed by atoms with Crippen molar-refractivity contribution in [3.63, 3.8) is 0 Å². The fraction of sp³-hybridized carbons (Fsp3) is 0.800. The molecular weight excluding hydrogens is 222 g/mol. The van der Waals surface area contributed by atoms with Crippen LogP contribution in [0.1, 0.15) is 71.3 Å². The lowest BCUT2D eigenvalue weighted by atomic mass is 10.00. The Bertz CT molecular complexity index is 418. The molecule has 2 atom stereocenters. The van der Waals surface area contributed by atoms with E-state index in [1.807, 2.05) is 0 Å². The molecule has 2 rings (SSSR count). The Morgan fingerprint density at radius 3 is 2.50 bits per heavy atom. The van der Waals surface area contributed by atoms with Gasteiger partial charge in [-0.1, -0.05) is 27.7 Å². The van der Waals surface area contributed by atoms with E-state index in [9.17, 15) is 0 Å². The summed E-state index contributed by atoms with van der Waals surface area (Å²) in [6.07, 6.45) is 2.26. The monoisotopic (exact) mass is 249 g/mol. The summed E-state index contributed by atoms with van der Waals surface area (Å²) in [5.74, 6) is 2.28. The molecule has 18 heavy (non-hydrogen) atoms. The van der Waals surface area contributed by atoms with Crippen molar-refractivity contribution >= 4 is 5.95 Å². The first kappa shape index (κ1) is 13.4. The molecule has 2 heterocycles. The summed E-state index contributed by atoms with van der Waals surface area (Å²) in [5, 5.41) is 3.53. The summed E-state index contributed by atoms with van der Waals surface area (Å²) in [6, 6.07) is 1.09. The zero-order valence-electron chi connectivity index (χ0n) is 12.6. The van der Waals surface area contributed by atoms with Crippen LogP contribution in [0.25, 0.3) is 0 Å². The molecule has 0 saturated heterocycles. The van der Waals surface area contributed by atoms with Crippen LogP contribution in [0.4, 0.5) is 5.95 Å². The average molecular weight is 249 g/mol. The van der Waals surface area contributed by atoms with Gasteiger partial charge in [0.1, 0.15) is 0 Å². The van der Waals surface area contributed by atoms with Crippen LogP contribution in [0.2, 0.25) is 0 Å². The molecule has 1 N–H and O–H groups in total. The molecule has 0 saturated carbocycles. The molecule has 0 radical (unpaired) electrons. The summed E-state index contributed by atoms with van der Waals surface area (Å²) < 4.78 is 2.43. The van der Waals surface area contributed by atoms with E-state index in [0.29, 0.717) is 23.9 Å². The van der Waals surface area contributed by atoms with Crippen LogP contribution in [-0.2, 0) is 6.42 Å². The highest BCUT2D eigenvalue weighted by Crippen LogP contribution is 2.34. The van der Waals surface area contributed by atoms with Gasteiger partial charge in [0.25, 0.3) is 0 Å². The van der Waals surface area contributed by atoms with Gasteiger partial charge in [0, 0.05) is 17.8 Å². The van der Waals surface area contributed by atoms with E-state index in [2.05, 4.69) is 51.4 Å². The Morgan fingerprint density at radius 2 is 1.94 bits per heavy atom. The Balaban J connectivity index is 2.46. The van der Waals surface area contributed by atoms with Gasteiger partial charge >= 0.3 is 0 Å². The number of aromatic nitrogens is 2. The van der Waals surface area contributed by atoms with E-state index in [0.717, 1.165) is 12.4 Å². The lowest BCUT2D eigenvalue weighted by molar-refractivity contribution is 0.431. The minimum atomic E-state index is 0.529. The van der Waals surface area contributed by atoms with Crippen molar-refractivity contribution in [2.24, 2.45) is 5.92 Å². The second kappa shape index (κ2) is 4.94. The lowest BCUT2D eigenvalue weighted by Crippen LogP contribution is -2.29.